The van der Waals surface area contributed by atoms with E-state index in [0.717, 1.165) is 33.7 Å². The summed E-state index contributed by atoms with van der Waals surface area (Å²) >= 11 is 0. The Balaban J connectivity index is 0.000000188. The summed E-state index contributed by atoms with van der Waals surface area (Å²) in [6, 6.07) is 0. The Morgan fingerprint density at radius 3 is 1.56 bits per heavy atom. The largest absolute Gasteiger partial charge is 0.457 e. The lowest BCUT2D eigenvalue weighted by atomic mass is 9.43. The van der Waals surface area contributed by atoms with Crippen molar-refractivity contribution in [2.75, 3.05) is 19.8 Å². The van der Waals surface area contributed by atoms with E-state index < -0.39 is 129 Å². The summed E-state index contributed by atoms with van der Waals surface area (Å²) in [4.78, 5) is 81.8. The number of ketones is 2. The number of allylic oxidation sites excluding steroid dienone is 4. The van der Waals surface area contributed by atoms with Gasteiger partial charge in [-0.25, -0.2) is 8.78 Å². The van der Waals surface area contributed by atoms with Gasteiger partial charge in [0.2, 0.25) is 11.6 Å². The van der Waals surface area contributed by atoms with Crippen LogP contribution in [0.25, 0.3) is 6.08 Å². The molecule has 6 fully saturated rings. The molecule has 2 N–H and O–H groups in total. The number of ether oxygens (including phenoxy) is 4. The van der Waals surface area contributed by atoms with Crippen LogP contribution in [-0.4, -0.2) is 116 Å². The summed E-state index contributed by atoms with van der Waals surface area (Å²) in [7, 11) is 1.88. The van der Waals surface area contributed by atoms with Crippen molar-refractivity contribution in [1.82, 2.24) is 9.78 Å². The van der Waals surface area contributed by atoms with Crippen LogP contribution in [0.1, 0.15) is 164 Å². The number of fused-ring (bicyclic) bond motifs is 12. The second kappa shape index (κ2) is 19.7. The van der Waals surface area contributed by atoms with Crippen molar-refractivity contribution < 1.29 is 66.7 Å². The maximum absolute atomic E-state index is 17.9. The van der Waals surface area contributed by atoms with Gasteiger partial charge in [-0.05, 0) is 99.3 Å². The molecule has 1 aromatic heterocycles. The van der Waals surface area contributed by atoms with Gasteiger partial charge >= 0.3 is 23.9 Å². The molecule has 6 saturated carbocycles. The molecule has 9 aliphatic rings. The number of aryl methyl sites for hydroxylation is 1. The number of alkyl halides is 2. The molecule has 0 bridgehead atoms. The average molecular weight is 1070 g/mol. The van der Waals surface area contributed by atoms with E-state index in [0.29, 0.717) is 57.9 Å². The Hall–Kier alpha value is -4.90. The van der Waals surface area contributed by atoms with Gasteiger partial charge in [-0.15, -0.1) is 0 Å². The fraction of sp³-hybridized carbons (Fsp3) is 0.733. The van der Waals surface area contributed by atoms with Crippen molar-refractivity contribution in [2.24, 2.45) is 69.2 Å². The maximum Gasteiger partial charge on any atom is 0.306 e. The third-order valence-electron chi connectivity index (χ3n) is 21.7. The minimum atomic E-state index is -1.93. The summed E-state index contributed by atoms with van der Waals surface area (Å²) in [6.45, 7) is 17.5. The Morgan fingerprint density at radius 1 is 0.662 bits per heavy atom. The highest BCUT2D eigenvalue weighted by Crippen LogP contribution is 2.74. The lowest BCUT2D eigenvalue weighted by Crippen LogP contribution is -2.70. The number of aliphatic imine (C=N–C) groups is 1. The van der Waals surface area contributed by atoms with Gasteiger partial charge in [0.1, 0.15) is 11.3 Å². The zero-order valence-corrected chi connectivity index (χ0v) is 47.0. The van der Waals surface area contributed by atoms with Gasteiger partial charge in [0, 0.05) is 78.1 Å². The molecule has 2 heterocycles. The summed E-state index contributed by atoms with van der Waals surface area (Å²) in [6.07, 6.45) is 9.75. The van der Waals surface area contributed by atoms with Gasteiger partial charge in [-0.2, -0.15) is 5.10 Å². The molecule has 15 nitrogen and oxygen atoms in total. The number of aromatic nitrogens is 2. The predicted molar refractivity (Wildman–Crippen MR) is 280 cm³/mol. The quantitative estimate of drug-likeness (QED) is 0.149. The zero-order chi connectivity index (χ0) is 56.2. The van der Waals surface area contributed by atoms with Gasteiger partial charge in [0.25, 0.3) is 0 Å². The monoisotopic (exact) mass is 1070 g/mol. The number of aliphatic hydroxyl groups is 2. The molecule has 0 saturated heterocycles. The minimum Gasteiger partial charge on any atom is -0.457 e. The normalized spacial score (nSPS) is 41.7. The van der Waals surface area contributed by atoms with Crippen LogP contribution in [0.2, 0.25) is 0 Å². The Bertz CT molecular complexity index is 2770. The lowest BCUT2D eigenvalue weighted by molar-refractivity contribution is -0.234. The van der Waals surface area contributed by atoms with E-state index in [1.54, 1.807) is 38.6 Å². The highest BCUT2D eigenvalue weighted by Gasteiger charge is 2.79. The number of carbonyl (C=O) groups excluding carboxylic acids is 6. The van der Waals surface area contributed by atoms with Gasteiger partial charge in [-0.1, -0.05) is 86.5 Å². The number of carbonyl (C=O) groups is 6. The van der Waals surface area contributed by atoms with Crippen LogP contribution in [0.15, 0.2) is 40.1 Å². The van der Waals surface area contributed by atoms with Crippen molar-refractivity contribution >= 4 is 47.2 Å². The van der Waals surface area contributed by atoms with Crippen molar-refractivity contribution in [1.29, 1.82) is 0 Å². The molecule has 0 radical (unpaired) electrons. The van der Waals surface area contributed by atoms with Crippen LogP contribution in [-0.2, 0) is 61.2 Å². The first-order valence-electron chi connectivity index (χ1n) is 28.4. The van der Waals surface area contributed by atoms with Crippen LogP contribution in [0.3, 0.4) is 0 Å². The molecule has 1 aromatic rings. The molecule has 8 aliphatic carbocycles. The molecular weight excluding hydrogens is 993 g/mol. The van der Waals surface area contributed by atoms with Crippen LogP contribution in [0.5, 0.6) is 0 Å². The topological polar surface area (TPSA) is 210 Å². The molecule has 10 rings (SSSR count). The summed E-state index contributed by atoms with van der Waals surface area (Å²) < 4.78 is 60.0. The average Bonchev–Trinajstić information content (AvgIpc) is 4.26. The van der Waals surface area contributed by atoms with Crippen molar-refractivity contribution in [3.05, 3.63) is 46.3 Å². The van der Waals surface area contributed by atoms with E-state index in [9.17, 15) is 39.0 Å². The SMILES string of the molecule is CCC(=O)OCC(=O)[C@@]1(OC(=O)CC)[C@@H](C)C[C@H]2[C@@H]3CCC4=CC5=NCC=C5C[C@]4(C)[C@@]3(F)[C@@H](O)C[C@@]21C.CCC(=O)OCC(=O)[C@@]1(OC(=O)CC)[C@@H](C)C[C@H]2[C@@H]3CCC4=Cc5c(cnn5C)C[C@]4(C)[C@@]3(F)[C@@H](O)C[C@@]21C. The smallest absolute Gasteiger partial charge is 0.306 e. The van der Waals surface area contributed by atoms with Crippen molar-refractivity contribution in [2.45, 2.75) is 194 Å². The molecule has 17 heteroatoms. The fourth-order valence-corrected chi connectivity index (χ4v) is 17.9. The molecule has 422 valence electrons. The van der Waals surface area contributed by atoms with Gasteiger partial charge < -0.3 is 29.2 Å². The first-order chi connectivity index (χ1) is 36.2. The van der Waals surface area contributed by atoms with E-state index in [-0.39, 0.29) is 50.4 Å². The number of aliphatic hydroxyl groups excluding tert-OH is 2. The highest BCUT2D eigenvalue weighted by molar-refractivity contribution is 6.11. The number of rotatable bonds is 12. The Morgan fingerprint density at radius 2 is 1.10 bits per heavy atom. The lowest BCUT2D eigenvalue weighted by Gasteiger charge is -2.63. The number of hydrogen-bond acceptors (Lipinski definition) is 14. The number of hydrogen-bond donors (Lipinski definition) is 2. The molecule has 77 heavy (non-hydrogen) atoms. The van der Waals surface area contributed by atoms with Crippen LogP contribution in [0.4, 0.5) is 8.78 Å². The van der Waals surface area contributed by atoms with E-state index >= 15 is 8.78 Å². The standard InChI is InChI=1S/C30H41FN2O6.C30H40FNO6/c1-7-25(36)38-16-24(35)30(39-26(37)8-2)17(3)11-21-20-10-9-19-12-22-18(15-32-33(22)6)13-27(19,4)29(20,31)23(34)14-28(21,30)5;1-6-25(35)37-16-24(34)30(38-26(36)7-2)17(3)12-21-20-9-8-19-13-22-18(10-11-32-22)14-27(19,4)29(20,31)23(33)15-28(21,30)5/h12,15,17,20-21,23,34H,7-11,13-14,16H2,1-6H3;10,13,17,20-21,23,33H,6-9,11-12,14-16H2,1-5H3/t2*17-,20-,21-,23-,27-,28-,29-,30-/m00/s1. The van der Waals surface area contributed by atoms with E-state index in [1.807, 2.05) is 66.8 Å². The number of esters is 4. The van der Waals surface area contributed by atoms with Crippen LogP contribution in [0, 0.1) is 57.2 Å². The third-order valence-corrected chi connectivity index (χ3v) is 21.7. The minimum absolute atomic E-state index is 0.0255. The molecule has 0 spiro atoms. The first kappa shape index (κ1) is 56.8. The summed E-state index contributed by atoms with van der Waals surface area (Å²) in [5, 5.41) is 28.0. The maximum atomic E-state index is 17.9. The Labute approximate surface area is 451 Å². The zero-order valence-electron chi connectivity index (χ0n) is 47.0. The van der Waals surface area contributed by atoms with Crippen LogP contribution < -0.4 is 0 Å². The summed E-state index contributed by atoms with van der Waals surface area (Å²) in [5.74, 6) is -5.64. The third kappa shape index (κ3) is 7.84. The first-order valence-corrected chi connectivity index (χ1v) is 28.4. The predicted octanol–water partition coefficient (Wildman–Crippen LogP) is 8.59. The molecule has 1 aliphatic heterocycles. The van der Waals surface area contributed by atoms with Crippen molar-refractivity contribution in [3.63, 3.8) is 0 Å². The summed E-state index contributed by atoms with van der Waals surface area (Å²) in [5.41, 5.74) is -5.05. The Kier molecular flexibility index (Phi) is 14.6. The van der Waals surface area contributed by atoms with Gasteiger partial charge in [0.15, 0.2) is 24.4 Å². The second-order valence-corrected chi connectivity index (χ2v) is 25.1. The van der Waals surface area contributed by atoms with Crippen LogP contribution >= 0.6 is 0 Å². The van der Waals surface area contributed by atoms with Gasteiger partial charge in [0.05, 0.1) is 36.4 Å². The van der Waals surface area contributed by atoms with Crippen molar-refractivity contribution in [3.8, 4) is 0 Å². The number of halogens is 2. The molecule has 0 aromatic carbocycles. The molecule has 16 atom stereocenters. The fourth-order valence-electron chi connectivity index (χ4n) is 17.9. The number of Topliss-reactive ketones (excluding diaryl/α,β-unsaturated/α-hetero) is 2. The molecular formula is C60H81F2N3O12. The second-order valence-electron chi connectivity index (χ2n) is 25.1. The highest BCUT2D eigenvalue weighted by atomic mass is 19.1. The number of nitrogens with zero attached hydrogens (tertiary/aromatic N) is 3. The van der Waals surface area contributed by atoms with E-state index in [2.05, 4.69) is 10.1 Å². The van der Waals surface area contributed by atoms with E-state index in [4.69, 9.17) is 18.9 Å². The van der Waals surface area contributed by atoms with E-state index in [1.165, 1.54) is 0 Å². The molecule has 0 amide bonds. The molecule has 0 unspecified atom stereocenters. The van der Waals surface area contributed by atoms with Gasteiger partial charge in [-0.3, -0.25) is 38.4 Å².